The number of carbonyl (C=O) groups excluding carboxylic acids is 1. The summed E-state index contributed by atoms with van der Waals surface area (Å²) in [6.07, 6.45) is -0.633. The van der Waals surface area contributed by atoms with E-state index < -0.39 is 6.09 Å². The van der Waals surface area contributed by atoms with E-state index in [1.165, 1.54) is 0 Å². The van der Waals surface area contributed by atoms with Crippen molar-refractivity contribution in [3.8, 4) is 11.1 Å². The van der Waals surface area contributed by atoms with Crippen LogP contribution in [0.1, 0.15) is 11.1 Å². The van der Waals surface area contributed by atoms with E-state index in [-0.39, 0.29) is 12.2 Å². The van der Waals surface area contributed by atoms with Crippen LogP contribution in [0.5, 0.6) is 0 Å². The summed E-state index contributed by atoms with van der Waals surface area (Å²) in [6.45, 7) is 0.412. The van der Waals surface area contributed by atoms with E-state index in [1.54, 1.807) is 4.57 Å². The molecule has 36 heavy (non-hydrogen) atoms. The zero-order chi connectivity index (χ0) is 24.9. The first kappa shape index (κ1) is 23.6. The number of pyridine rings is 1. The second-order valence-electron chi connectivity index (χ2n) is 8.34. The van der Waals surface area contributed by atoms with E-state index in [0.29, 0.717) is 17.7 Å². The molecule has 1 heterocycles. The second kappa shape index (κ2) is 10.6. The zero-order valence-electron chi connectivity index (χ0n) is 19.4. The van der Waals surface area contributed by atoms with Gasteiger partial charge in [0.25, 0.3) is 5.56 Å². The molecule has 0 aliphatic carbocycles. The fourth-order valence-corrected chi connectivity index (χ4v) is 4.58. The highest BCUT2D eigenvalue weighted by molar-refractivity contribution is 9.10. The quantitative estimate of drug-likeness (QED) is 0.248. The Balaban J connectivity index is 1.67. The topological polar surface area (TPSA) is 60.3 Å². The molecule has 5 nitrogen and oxygen atoms in total. The monoisotopic (exact) mass is 538 g/mol. The first-order chi connectivity index (χ1) is 17.6. The average molecular weight is 539 g/mol. The van der Waals surface area contributed by atoms with E-state index >= 15 is 0 Å². The Morgan fingerprint density at radius 1 is 0.778 bits per heavy atom. The van der Waals surface area contributed by atoms with Crippen LogP contribution in [0.25, 0.3) is 21.9 Å². The molecular weight excluding hydrogens is 516 g/mol. The van der Waals surface area contributed by atoms with Gasteiger partial charge in [0.2, 0.25) is 0 Å². The lowest BCUT2D eigenvalue weighted by atomic mass is 9.99. The number of benzene rings is 4. The molecule has 0 spiro atoms. The lowest BCUT2D eigenvalue weighted by Gasteiger charge is -2.21. The Morgan fingerprint density at radius 3 is 2.06 bits per heavy atom. The molecule has 1 amide bonds. The SMILES string of the molecule is O=C(Nc1c(-c2ccccc2)c2cc(Br)ccc2c(=O)n1Cc1ccccc1)OCc1ccccc1. The number of aromatic nitrogens is 1. The van der Waals surface area contributed by atoms with E-state index in [2.05, 4.69) is 21.2 Å². The maximum atomic E-state index is 13.8. The van der Waals surface area contributed by atoms with Gasteiger partial charge in [0.05, 0.1) is 6.54 Å². The molecule has 0 atom stereocenters. The van der Waals surface area contributed by atoms with Crippen LogP contribution >= 0.6 is 15.9 Å². The number of nitrogens with one attached hydrogen (secondary N) is 1. The molecule has 0 bridgehead atoms. The molecule has 5 aromatic rings. The van der Waals surface area contributed by atoms with E-state index in [1.807, 2.05) is 109 Å². The van der Waals surface area contributed by atoms with Gasteiger partial charge >= 0.3 is 6.09 Å². The third-order valence-electron chi connectivity index (χ3n) is 5.91. The fraction of sp³-hybridized carbons (Fsp3) is 0.0667. The van der Waals surface area contributed by atoms with E-state index in [4.69, 9.17) is 4.74 Å². The summed E-state index contributed by atoms with van der Waals surface area (Å²) in [5, 5.41) is 4.21. The van der Waals surface area contributed by atoms with Gasteiger partial charge in [0.1, 0.15) is 12.4 Å². The molecule has 0 saturated heterocycles. The molecule has 0 fully saturated rings. The molecule has 0 aliphatic heterocycles. The summed E-state index contributed by atoms with van der Waals surface area (Å²) in [4.78, 5) is 26.8. The minimum Gasteiger partial charge on any atom is -0.444 e. The van der Waals surface area contributed by atoms with E-state index in [9.17, 15) is 9.59 Å². The molecule has 6 heteroatoms. The average Bonchev–Trinajstić information content (AvgIpc) is 2.91. The highest BCUT2D eigenvalue weighted by Crippen LogP contribution is 2.36. The molecule has 0 aliphatic rings. The van der Waals surface area contributed by atoms with Gasteiger partial charge in [-0.25, -0.2) is 4.79 Å². The van der Waals surface area contributed by atoms with Gasteiger partial charge in [0, 0.05) is 15.4 Å². The van der Waals surface area contributed by atoms with Gasteiger partial charge in [-0.2, -0.15) is 0 Å². The smallest absolute Gasteiger partial charge is 0.413 e. The molecule has 5 rings (SSSR count). The third kappa shape index (κ3) is 5.09. The third-order valence-corrected chi connectivity index (χ3v) is 6.41. The van der Waals surface area contributed by atoms with Crippen LogP contribution in [0.2, 0.25) is 0 Å². The lowest BCUT2D eigenvalue weighted by Crippen LogP contribution is -2.27. The maximum absolute atomic E-state index is 13.8. The normalized spacial score (nSPS) is 10.8. The van der Waals surface area contributed by atoms with Gasteiger partial charge < -0.3 is 4.74 Å². The largest absolute Gasteiger partial charge is 0.444 e. The van der Waals surface area contributed by atoms with Crippen molar-refractivity contribution in [2.45, 2.75) is 13.2 Å². The number of hydrogen-bond acceptors (Lipinski definition) is 3. The molecule has 1 N–H and O–H groups in total. The second-order valence-corrected chi connectivity index (χ2v) is 9.26. The molecule has 0 saturated carbocycles. The van der Waals surface area contributed by atoms with Crippen LogP contribution in [0, 0.1) is 0 Å². The summed E-state index contributed by atoms with van der Waals surface area (Å²) in [5.41, 5.74) is 3.25. The van der Waals surface area contributed by atoms with Crippen molar-refractivity contribution >= 4 is 38.6 Å². The number of ether oxygens (including phenoxy) is 1. The zero-order valence-corrected chi connectivity index (χ0v) is 20.9. The molecule has 4 aromatic carbocycles. The maximum Gasteiger partial charge on any atom is 0.413 e. The minimum absolute atomic E-state index is 0.120. The van der Waals surface area contributed by atoms with Gasteiger partial charge in [0.15, 0.2) is 0 Å². The predicted molar refractivity (Wildman–Crippen MR) is 147 cm³/mol. The van der Waals surface area contributed by atoms with Crippen molar-refractivity contribution in [1.82, 2.24) is 4.57 Å². The fourth-order valence-electron chi connectivity index (χ4n) is 4.22. The minimum atomic E-state index is -0.633. The number of carbonyl (C=O) groups is 1. The first-order valence-electron chi connectivity index (χ1n) is 11.5. The highest BCUT2D eigenvalue weighted by atomic mass is 79.9. The Bertz CT molecular complexity index is 1570. The number of nitrogens with zero attached hydrogens (tertiary/aromatic N) is 1. The van der Waals surface area contributed by atoms with Crippen LogP contribution in [-0.2, 0) is 17.9 Å². The van der Waals surface area contributed by atoms with E-state index in [0.717, 1.165) is 32.1 Å². The number of amides is 1. The predicted octanol–water partition coefficient (Wildman–Crippen LogP) is 7.23. The number of hydrogen-bond donors (Lipinski definition) is 1. The van der Waals surface area contributed by atoms with Crippen molar-refractivity contribution in [2.24, 2.45) is 0 Å². The number of fused-ring (bicyclic) bond motifs is 1. The standard InChI is InChI=1S/C30H23BrN2O3/c31-24-16-17-25-26(18-24)27(23-14-8-3-9-15-23)28(32-30(35)36-20-22-12-6-2-7-13-22)33(29(25)34)19-21-10-4-1-5-11-21/h1-18H,19-20H2,(H,32,35). The van der Waals surface area contributed by atoms with Crippen LogP contribution in [0.4, 0.5) is 10.6 Å². The summed E-state index contributed by atoms with van der Waals surface area (Å²) < 4.78 is 7.98. The van der Waals surface area contributed by atoms with Crippen molar-refractivity contribution in [1.29, 1.82) is 0 Å². The van der Waals surface area contributed by atoms with Crippen molar-refractivity contribution in [2.75, 3.05) is 5.32 Å². The van der Waals surface area contributed by atoms with Gasteiger partial charge in [-0.3, -0.25) is 14.7 Å². The lowest BCUT2D eigenvalue weighted by molar-refractivity contribution is 0.155. The Hall–Kier alpha value is -4.16. The highest BCUT2D eigenvalue weighted by Gasteiger charge is 2.21. The Kier molecular flexibility index (Phi) is 6.96. The molecule has 0 unspecified atom stereocenters. The van der Waals surface area contributed by atoms with Gasteiger partial charge in [-0.15, -0.1) is 0 Å². The first-order valence-corrected chi connectivity index (χ1v) is 12.3. The van der Waals surface area contributed by atoms with Crippen LogP contribution in [-0.4, -0.2) is 10.7 Å². The number of rotatable bonds is 6. The number of halogens is 1. The molecular formula is C30H23BrN2O3. The number of anilines is 1. The Labute approximate surface area is 217 Å². The molecule has 1 aromatic heterocycles. The summed E-state index contributed by atoms with van der Waals surface area (Å²) in [5.74, 6) is 0.388. The molecule has 178 valence electrons. The summed E-state index contributed by atoms with van der Waals surface area (Å²) >= 11 is 3.54. The van der Waals surface area contributed by atoms with Crippen molar-refractivity contribution in [3.05, 3.63) is 135 Å². The van der Waals surface area contributed by atoms with Crippen LogP contribution in [0.15, 0.2) is 118 Å². The summed E-state index contributed by atoms with van der Waals surface area (Å²) in [6, 6.07) is 34.5. The Morgan fingerprint density at radius 2 is 1.39 bits per heavy atom. The van der Waals surface area contributed by atoms with Crippen molar-refractivity contribution < 1.29 is 9.53 Å². The van der Waals surface area contributed by atoms with Gasteiger partial charge in [-0.05, 0) is 40.3 Å². The molecule has 0 radical (unpaired) electrons. The van der Waals surface area contributed by atoms with Crippen LogP contribution < -0.4 is 10.9 Å². The summed E-state index contributed by atoms with van der Waals surface area (Å²) in [7, 11) is 0. The van der Waals surface area contributed by atoms with Crippen molar-refractivity contribution in [3.63, 3.8) is 0 Å². The van der Waals surface area contributed by atoms with Crippen LogP contribution in [0.3, 0.4) is 0 Å². The van der Waals surface area contributed by atoms with Gasteiger partial charge in [-0.1, -0.05) is 107 Å².